The molecule has 568 valence electrons. The second kappa shape index (κ2) is 39.8. The molecule has 0 aliphatic carbocycles. The van der Waals surface area contributed by atoms with Gasteiger partial charge in [-0.1, -0.05) is 122 Å². The number of nitrogens with zero attached hydrogens (tertiary/aromatic N) is 8. The van der Waals surface area contributed by atoms with Gasteiger partial charge in [0, 0.05) is 90.3 Å². The summed E-state index contributed by atoms with van der Waals surface area (Å²) >= 11 is 8.32. The van der Waals surface area contributed by atoms with Gasteiger partial charge in [0.05, 0.1) is 31.6 Å². The molecule has 2 saturated heterocycles. The first kappa shape index (κ1) is 85.8. The third kappa shape index (κ3) is 24.9. The van der Waals surface area contributed by atoms with Crippen LogP contribution in [-0.2, 0) is 83.0 Å². The number of rotatable bonds is 16. The Kier molecular flexibility index (Phi) is 33.2. The second-order valence-corrected chi connectivity index (χ2v) is 29.9. The van der Waals surface area contributed by atoms with Crippen LogP contribution in [0.15, 0.2) is 72.8 Å². The standard InChI is InChI=1S/C74H105ClF3IN12O12/c1-15-17-28-54-69(99)89(13)58(40-50-25-19-20-27-53(50)74(76,77)78)67(97)82-56(35-45(3)4)70(100)90(14)60(72(102)91-33-21-18-22-34-91)41-62(93)87(11)57(36-46(5)6)68(98)83-65(47(7)16-2)73(103)86(10)43-63(94)84(8)44-64(95)88(12)59(39-48-29-31-51(75)32-30-48)71(101)85(9)42-61(92)80-55(66(96)81-54)38-49-24-23-26-52(79)37-49/h19-20,23-27,29-32,37,45-47,54-60,65H,15-18,21-22,28,33-36,38-44H2,1-14H3,(H,80,92)(H,81,96)(H,82,97)(H,83,98)/t47-,54-,55-,56-,57-,58-,59-,60-,65-/m0/s1. The summed E-state index contributed by atoms with van der Waals surface area (Å²) in [5.74, 6) is -10.7. The third-order valence-corrected chi connectivity index (χ3v) is 20.1. The van der Waals surface area contributed by atoms with Gasteiger partial charge in [-0.25, -0.2) is 0 Å². The smallest absolute Gasteiger partial charge is 0.343 e. The van der Waals surface area contributed by atoms with E-state index in [2.05, 4.69) is 43.9 Å². The van der Waals surface area contributed by atoms with Crippen LogP contribution in [0.25, 0.3) is 0 Å². The molecule has 0 unspecified atom stereocenters. The molecule has 103 heavy (non-hydrogen) atoms. The van der Waals surface area contributed by atoms with Crippen molar-refractivity contribution in [2.24, 2.45) is 17.8 Å². The monoisotopic (exact) mass is 1570 g/mol. The van der Waals surface area contributed by atoms with E-state index in [1.165, 1.54) is 66.4 Å². The Balaban J connectivity index is 1.70. The summed E-state index contributed by atoms with van der Waals surface area (Å²) < 4.78 is 45.7. The lowest BCUT2D eigenvalue weighted by atomic mass is 9.95. The SMILES string of the molecule is CCCC[C@@H]1NC(=O)[C@H](Cc2cccc(I)c2)NC(=O)CN(C)C(=O)[C@H](Cc2ccc(Cl)cc2)N(C)C(=O)CN(C)C(=O)CN(C)C(=O)[C@H]([C@@H](C)CC)NC(=O)[C@H](CC(C)C)N(C)C(=O)C[C@@H](C(=O)N2CCCCC2)N(C)C(=O)[C@H](CC(C)C)NC(=O)[C@H](Cc2ccccc2C(F)(F)F)N(C)C1=O. The van der Waals surface area contributed by atoms with Gasteiger partial charge in [0.25, 0.3) is 0 Å². The van der Waals surface area contributed by atoms with Crippen molar-refractivity contribution in [3.05, 3.63) is 104 Å². The van der Waals surface area contributed by atoms with Crippen molar-refractivity contribution in [3.63, 3.8) is 0 Å². The van der Waals surface area contributed by atoms with Crippen LogP contribution in [0.4, 0.5) is 13.2 Å². The van der Waals surface area contributed by atoms with Crippen molar-refractivity contribution in [1.82, 2.24) is 60.5 Å². The average molecular weight is 1570 g/mol. The molecule has 0 bridgehead atoms. The van der Waals surface area contributed by atoms with Gasteiger partial charge in [-0.3, -0.25) is 57.5 Å². The summed E-state index contributed by atoms with van der Waals surface area (Å²) in [5.41, 5.74) is -0.368. The summed E-state index contributed by atoms with van der Waals surface area (Å²) in [6.07, 6.45) is -3.58. The molecule has 2 fully saturated rings. The molecule has 2 heterocycles. The maximum Gasteiger partial charge on any atom is 0.416 e. The van der Waals surface area contributed by atoms with Crippen LogP contribution in [0.5, 0.6) is 0 Å². The lowest BCUT2D eigenvalue weighted by molar-refractivity contribution is -0.151. The minimum atomic E-state index is -4.94. The Morgan fingerprint density at radius 1 is 0.553 bits per heavy atom. The molecule has 3 aromatic carbocycles. The first-order valence-corrected chi connectivity index (χ1v) is 36.8. The molecule has 2 aliphatic heterocycles. The van der Waals surface area contributed by atoms with Crippen LogP contribution in [0.1, 0.15) is 135 Å². The Bertz CT molecular complexity index is 3470. The van der Waals surface area contributed by atoms with E-state index in [1.807, 2.05) is 20.8 Å². The van der Waals surface area contributed by atoms with Gasteiger partial charge in [0.15, 0.2) is 0 Å². The number of hydrogen-bond acceptors (Lipinski definition) is 12. The van der Waals surface area contributed by atoms with Gasteiger partial charge in [0.2, 0.25) is 70.9 Å². The highest BCUT2D eigenvalue weighted by Gasteiger charge is 2.44. The number of alkyl halides is 3. The summed E-state index contributed by atoms with van der Waals surface area (Å²) in [5, 5.41) is 11.5. The number of hydrogen-bond donors (Lipinski definition) is 4. The lowest BCUT2D eigenvalue weighted by Gasteiger charge is -2.38. The summed E-state index contributed by atoms with van der Waals surface area (Å²) in [6.45, 7) is 11.2. The molecule has 5 rings (SSSR count). The molecule has 0 aromatic heterocycles. The lowest BCUT2D eigenvalue weighted by Crippen LogP contribution is -2.61. The van der Waals surface area contributed by atoms with Crippen LogP contribution in [0.3, 0.4) is 0 Å². The highest BCUT2D eigenvalue weighted by molar-refractivity contribution is 14.1. The largest absolute Gasteiger partial charge is 0.416 e. The molecule has 12 amide bonds. The number of halogens is 5. The topological polar surface area (TPSA) is 279 Å². The predicted molar refractivity (Wildman–Crippen MR) is 393 cm³/mol. The number of carbonyl (C=O) groups excluding carboxylic acids is 12. The zero-order valence-corrected chi connectivity index (χ0v) is 64.8. The number of unbranched alkanes of at least 4 members (excludes halogenated alkanes) is 1. The van der Waals surface area contributed by atoms with Gasteiger partial charge in [-0.05, 0) is 126 Å². The van der Waals surface area contributed by atoms with Crippen LogP contribution >= 0.6 is 34.2 Å². The van der Waals surface area contributed by atoms with Crippen LogP contribution < -0.4 is 21.3 Å². The highest BCUT2D eigenvalue weighted by Crippen LogP contribution is 2.33. The van der Waals surface area contributed by atoms with E-state index in [0.717, 1.165) is 56.4 Å². The zero-order chi connectivity index (χ0) is 76.9. The van der Waals surface area contributed by atoms with Gasteiger partial charge < -0.3 is 60.5 Å². The normalized spacial score (nSPS) is 23.3. The van der Waals surface area contributed by atoms with Gasteiger partial charge in [0.1, 0.15) is 48.3 Å². The number of likely N-dealkylation sites (N-methyl/N-ethyl adjacent to an activating group) is 7. The average Bonchev–Trinajstić information content (AvgIpc) is 0.815. The van der Waals surface area contributed by atoms with E-state index in [9.17, 15) is 46.7 Å². The number of nitrogens with one attached hydrogen (secondary N) is 4. The molecule has 24 nitrogen and oxygen atoms in total. The molecular formula is C74H105ClF3IN12O12. The molecule has 0 spiro atoms. The minimum absolute atomic E-state index is 0.0580. The fourth-order valence-electron chi connectivity index (χ4n) is 12.7. The van der Waals surface area contributed by atoms with E-state index in [-0.39, 0.29) is 57.0 Å². The maximum atomic E-state index is 15.4. The predicted octanol–water partition coefficient (Wildman–Crippen LogP) is 6.36. The van der Waals surface area contributed by atoms with Crippen LogP contribution in [0, 0.1) is 21.3 Å². The van der Waals surface area contributed by atoms with Crippen molar-refractivity contribution < 1.29 is 70.7 Å². The van der Waals surface area contributed by atoms with Crippen molar-refractivity contribution in [3.8, 4) is 0 Å². The van der Waals surface area contributed by atoms with Gasteiger partial charge in [-0.15, -0.1) is 0 Å². The Labute approximate surface area is 622 Å². The van der Waals surface area contributed by atoms with E-state index >= 15 is 24.0 Å². The van der Waals surface area contributed by atoms with Gasteiger partial charge >= 0.3 is 6.18 Å². The first-order chi connectivity index (χ1) is 48.4. The van der Waals surface area contributed by atoms with E-state index in [0.29, 0.717) is 48.3 Å². The fraction of sp³-hybridized carbons (Fsp3) is 0.595. The Hall–Kier alpha value is -7.89. The summed E-state index contributed by atoms with van der Waals surface area (Å²) in [6, 6.07) is 6.30. The molecule has 4 N–H and O–H groups in total. The van der Waals surface area contributed by atoms with Crippen molar-refractivity contribution in [2.45, 2.75) is 186 Å². The molecule has 2 aliphatic rings. The summed E-state index contributed by atoms with van der Waals surface area (Å²) in [4.78, 5) is 188. The number of carbonyl (C=O) groups is 12. The molecule has 0 radical (unpaired) electrons. The fourth-order valence-corrected chi connectivity index (χ4v) is 13.4. The maximum absolute atomic E-state index is 15.4. The van der Waals surface area contributed by atoms with Crippen LogP contribution in [0.2, 0.25) is 5.02 Å². The number of amides is 12. The summed E-state index contributed by atoms with van der Waals surface area (Å²) in [7, 11) is 9.24. The second-order valence-electron chi connectivity index (χ2n) is 28.2. The third-order valence-electron chi connectivity index (χ3n) is 19.2. The minimum Gasteiger partial charge on any atom is -0.343 e. The zero-order valence-electron chi connectivity index (χ0n) is 61.9. The number of likely N-dealkylation sites (tertiary alicyclic amines) is 1. The quantitative estimate of drug-likeness (QED) is 0.114. The Morgan fingerprint density at radius 2 is 1.14 bits per heavy atom. The van der Waals surface area contributed by atoms with Crippen LogP contribution in [-0.4, -0.2) is 240 Å². The van der Waals surface area contributed by atoms with Gasteiger partial charge in [-0.2, -0.15) is 13.2 Å². The molecule has 29 heteroatoms. The molecule has 3 aromatic rings. The molecular weight excluding hydrogens is 1470 g/mol. The number of benzene rings is 3. The first-order valence-electron chi connectivity index (χ1n) is 35.3. The highest BCUT2D eigenvalue weighted by atomic mass is 127. The van der Waals surface area contributed by atoms with E-state index < -0.39 is 175 Å². The number of piperidine rings is 1. The van der Waals surface area contributed by atoms with E-state index in [1.54, 1.807) is 76.2 Å². The van der Waals surface area contributed by atoms with Crippen molar-refractivity contribution in [1.29, 1.82) is 0 Å². The Morgan fingerprint density at radius 3 is 1.74 bits per heavy atom. The van der Waals surface area contributed by atoms with Crippen molar-refractivity contribution >= 4 is 105 Å². The molecule has 0 saturated carbocycles. The molecule has 9 atom stereocenters. The van der Waals surface area contributed by atoms with E-state index in [4.69, 9.17) is 11.6 Å². The van der Waals surface area contributed by atoms with Crippen molar-refractivity contribution in [2.75, 3.05) is 82.1 Å².